The number of hydrogen-bond donors (Lipinski definition) is 3. The van der Waals surface area contributed by atoms with E-state index in [0.29, 0.717) is 12.1 Å². The van der Waals surface area contributed by atoms with Crippen molar-refractivity contribution in [1.82, 2.24) is 25.6 Å². The lowest BCUT2D eigenvalue weighted by atomic mass is 10.2. The average Bonchev–Trinajstić information content (AvgIpc) is 3.03. The number of carbonyl (C=O) groups is 1. The summed E-state index contributed by atoms with van der Waals surface area (Å²) in [6.45, 7) is 3.65. The van der Waals surface area contributed by atoms with Crippen molar-refractivity contribution in [2.45, 2.75) is 32.4 Å². The molecule has 2 unspecified atom stereocenters. The summed E-state index contributed by atoms with van der Waals surface area (Å²) < 4.78 is 1.66. The number of rotatable bonds is 6. The van der Waals surface area contributed by atoms with Crippen LogP contribution in [0.25, 0.3) is 5.69 Å². The summed E-state index contributed by atoms with van der Waals surface area (Å²) in [7, 11) is 0. The molecule has 0 aliphatic rings. The highest BCUT2D eigenvalue weighted by atomic mass is 16.3. The maximum Gasteiger partial charge on any atom is 0.315 e. The summed E-state index contributed by atoms with van der Waals surface area (Å²) in [6, 6.07) is 8.77. The lowest BCUT2D eigenvalue weighted by molar-refractivity contribution is 0.212. The first kappa shape index (κ1) is 16.0. The second-order valence-corrected chi connectivity index (χ2v) is 5.05. The van der Waals surface area contributed by atoms with Gasteiger partial charge in [-0.3, -0.25) is 0 Å². The van der Waals surface area contributed by atoms with E-state index in [1.165, 1.54) is 0 Å². The van der Waals surface area contributed by atoms with Gasteiger partial charge in [0.25, 0.3) is 0 Å². The molecular formula is C15H21N5O2. The molecule has 118 valence electrons. The standard InChI is InChI=1S/C15H21N5O2/c1-3-12(10-21)17-15(22)16-11(2)14-9-20(19-18-14)13-7-5-4-6-8-13/h4-9,11-12,21H,3,10H2,1-2H3,(H2,16,17,22). The molecule has 0 aliphatic heterocycles. The fourth-order valence-corrected chi connectivity index (χ4v) is 1.96. The van der Waals surface area contributed by atoms with E-state index < -0.39 is 0 Å². The van der Waals surface area contributed by atoms with Crippen LogP contribution >= 0.6 is 0 Å². The van der Waals surface area contributed by atoms with Gasteiger partial charge in [0.2, 0.25) is 0 Å². The summed E-state index contributed by atoms with van der Waals surface area (Å²) in [6.07, 6.45) is 2.45. The topological polar surface area (TPSA) is 92.1 Å². The Morgan fingerprint density at radius 1 is 1.32 bits per heavy atom. The van der Waals surface area contributed by atoms with Gasteiger partial charge >= 0.3 is 6.03 Å². The van der Waals surface area contributed by atoms with Crippen molar-refractivity contribution in [3.63, 3.8) is 0 Å². The maximum absolute atomic E-state index is 11.8. The number of nitrogens with zero attached hydrogens (tertiary/aromatic N) is 3. The van der Waals surface area contributed by atoms with Crippen molar-refractivity contribution in [2.75, 3.05) is 6.61 Å². The molecule has 7 heteroatoms. The number of urea groups is 1. The Morgan fingerprint density at radius 2 is 2.05 bits per heavy atom. The SMILES string of the molecule is CCC(CO)NC(=O)NC(C)c1cn(-c2ccccc2)nn1. The molecule has 0 saturated carbocycles. The monoisotopic (exact) mass is 303 g/mol. The number of aliphatic hydroxyl groups excluding tert-OH is 1. The lowest BCUT2D eigenvalue weighted by Crippen LogP contribution is -2.44. The molecule has 0 radical (unpaired) electrons. The van der Waals surface area contributed by atoms with Gasteiger partial charge in [-0.25, -0.2) is 9.48 Å². The van der Waals surface area contributed by atoms with Crippen LogP contribution in [0.5, 0.6) is 0 Å². The van der Waals surface area contributed by atoms with E-state index in [0.717, 1.165) is 5.69 Å². The van der Waals surface area contributed by atoms with Crippen LogP contribution in [0.15, 0.2) is 36.5 Å². The Hall–Kier alpha value is -2.41. The van der Waals surface area contributed by atoms with Crippen LogP contribution in [0, 0.1) is 0 Å². The van der Waals surface area contributed by atoms with Gasteiger partial charge in [0.05, 0.1) is 30.6 Å². The average molecular weight is 303 g/mol. The molecule has 0 spiro atoms. The quantitative estimate of drug-likeness (QED) is 0.752. The number of nitrogens with one attached hydrogen (secondary N) is 2. The molecule has 0 fully saturated rings. The largest absolute Gasteiger partial charge is 0.394 e. The molecule has 7 nitrogen and oxygen atoms in total. The smallest absolute Gasteiger partial charge is 0.315 e. The minimum atomic E-state index is -0.331. The minimum Gasteiger partial charge on any atom is -0.394 e. The molecule has 1 heterocycles. The minimum absolute atomic E-state index is 0.0809. The van der Waals surface area contributed by atoms with E-state index in [1.54, 1.807) is 10.9 Å². The zero-order valence-corrected chi connectivity index (χ0v) is 12.7. The Morgan fingerprint density at radius 3 is 2.68 bits per heavy atom. The van der Waals surface area contributed by atoms with Crippen molar-refractivity contribution in [3.05, 3.63) is 42.2 Å². The molecule has 2 amide bonds. The fraction of sp³-hybridized carbons (Fsp3) is 0.400. The third-order valence-corrected chi connectivity index (χ3v) is 3.37. The number of aliphatic hydroxyl groups is 1. The number of aromatic nitrogens is 3. The van der Waals surface area contributed by atoms with Crippen LogP contribution < -0.4 is 10.6 Å². The highest BCUT2D eigenvalue weighted by Crippen LogP contribution is 2.11. The number of para-hydroxylation sites is 1. The first-order valence-corrected chi connectivity index (χ1v) is 7.29. The third-order valence-electron chi connectivity index (χ3n) is 3.37. The van der Waals surface area contributed by atoms with Gasteiger partial charge < -0.3 is 15.7 Å². The van der Waals surface area contributed by atoms with E-state index >= 15 is 0 Å². The van der Waals surface area contributed by atoms with Gasteiger partial charge in [0.1, 0.15) is 5.69 Å². The second-order valence-electron chi connectivity index (χ2n) is 5.05. The van der Waals surface area contributed by atoms with Crippen molar-refractivity contribution in [2.24, 2.45) is 0 Å². The highest BCUT2D eigenvalue weighted by Gasteiger charge is 2.15. The van der Waals surface area contributed by atoms with Gasteiger partial charge in [-0.2, -0.15) is 0 Å². The molecule has 1 aromatic heterocycles. The summed E-state index contributed by atoms with van der Waals surface area (Å²) in [5.41, 5.74) is 1.57. The molecule has 0 aliphatic carbocycles. The van der Waals surface area contributed by atoms with Crippen molar-refractivity contribution < 1.29 is 9.90 Å². The molecule has 3 N–H and O–H groups in total. The molecule has 1 aromatic carbocycles. The predicted octanol–water partition coefficient (Wildman–Crippen LogP) is 1.40. The van der Waals surface area contributed by atoms with E-state index in [9.17, 15) is 4.79 Å². The molecular weight excluding hydrogens is 282 g/mol. The molecule has 2 rings (SSSR count). The van der Waals surface area contributed by atoms with Crippen LogP contribution in [-0.4, -0.2) is 38.8 Å². The molecule has 22 heavy (non-hydrogen) atoms. The van der Waals surface area contributed by atoms with Gasteiger partial charge in [-0.05, 0) is 25.5 Å². The third kappa shape index (κ3) is 4.05. The van der Waals surface area contributed by atoms with E-state index in [-0.39, 0.29) is 24.7 Å². The predicted molar refractivity (Wildman–Crippen MR) is 82.6 cm³/mol. The zero-order valence-electron chi connectivity index (χ0n) is 12.7. The highest BCUT2D eigenvalue weighted by molar-refractivity contribution is 5.74. The molecule has 2 atom stereocenters. The summed E-state index contributed by atoms with van der Waals surface area (Å²) >= 11 is 0. The normalized spacial score (nSPS) is 13.4. The van der Waals surface area contributed by atoms with Gasteiger partial charge in [-0.1, -0.05) is 30.3 Å². The first-order chi connectivity index (χ1) is 10.6. The fourth-order valence-electron chi connectivity index (χ4n) is 1.96. The Balaban J connectivity index is 1.97. The number of benzene rings is 1. The van der Waals surface area contributed by atoms with E-state index in [1.807, 2.05) is 44.2 Å². The number of hydrogen-bond acceptors (Lipinski definition) is 4. The van der Waals surface area contributed by atoms with Crippen molar-refractivity contribution >= 4 is 6.03 Å². The van der Waals surface area contributed by atoms with Gasteiger partial charge in [-0.15, -0.1) is 5.10 Å². The summed E-state index contributed by atoms with van der Waals surface area (Å²) in [5.74, 6) is 0. The number of carbonyl (C=O) groups excluding carboxylic acids is 1. The van der Waals surface area contributed by atoms with Gasteiger partial charge in [0.15, 0.2) is 0 Å². The second kappa shape index (κ2) is 7.56. The van der Waals surface area contributed by atoms with Crippen LogP contribution in [0.1, 0.15) is 32.0 Å². The summed E-state index contributed by atoms with van der Waals surface area (Å²) in [4.78, 5) is 11.8. The van der Waals surface area contributed by atoms with Crippen LogP contribution in [-0.2, 0) is 0 Å². The lowest BCUT2D eigenvalue weighted by Gasteiger charge is -2.17. The first-order valence-electron chi connectivity index (χ1n) is 7.29. The maximum atomic E-state index is 11.8. The van der Waals surface area contributed by atoms with Crippen molar-refractivity contribution in [1.29, 1.82) is 0 Å². The number of amides is 2. The van der Waals surface area contributed by atoms with E-state index in [2.05, 4.69) is 20.9 Å². The molecule has 0 saturated heterocycles. The van der Waals surface area contributed by atoms with Crippen LogP contribution in [0.2, 0.25) is 0 Å². The Kier molecular flexibility index (Phi) is 5.48. The van der Waals surface area contributed by atoms with E-state index in [4.69, 9.17) is 5.11 Å². The van der Waals surface area contributed by atoms with Crippen LogP contribution in [0.4, 0.5) is 4.79 Å². The molecule has 0 bridgehead atoms. The Bertz CT molecular complexity index is 595. The summed E-state index contributed by atoms with van der Waals surface area (Å²) in [5, 5.41) is 22.7. The van der Waals surface area contributed by atoms with Crippen molar-refractivity contribution in [3.8, 4) is 5.69 Å². The zero-order chi connectivity index (χ0) is 15.9. The Labute approximate surface area is 129 Å². The van der Waals surface area contributed by atoms with Gasteiger partial charge in [0, 0.05) is 0 Å². The molecule has 2 aromatic rings. The van der Waals surface area contributed by atoms with Crippen LogP contribution in [0.3, 0.4) is 0 Å².